The molecule has 1 aromatic rings. The molecule has 1 amide bonds. The highest BCUT2D eigenvalue weighted by Crippen LogP contribution is 2.09. The summed E-state index contributed by atoms with van der Waals surface area (Å²) in [6.45, 7) is 11.8. The molecular formula is C19H33IN4O. The average Bonchev–Trinajstić information content (AvgIpc) is 2.57. The van der Waals surface area contributed by atoms with Gasteiger partial charge in [0.1, 0.15) is 0 Å². The van der Waals surface area contributed by atoms with Gasteiger partial charge in [-0.15, -0.1) is 24.0 Å². The Balaban J connectivity index is 0.00000576. The SMILES string of the molecule is CCNC(=NCCC(=O)N(CC)CC)N(C)Cc1ccccc1C.I. The molecule has 0 heterocycles. The molecule has 1 N–H and O–H groups in total. The Morgan fingerprint density at radius 2 is 1.80 bits per heavy atom. The van der Waals surface area contributed by atoms with Crippen LogP contribution in [-0.2, 0) is 11.3 Å². The Morgan fingerprint density at radius 1 is 1.16 bits per heavy atom. The van der Waals surface area contributed by atoms with Crippen LogP contribution in [0.2, 0.25) is 0 Å². The van der Waals surface area contributed by atoms with E-state index in [0.29, 0.717) is 13.0 Å². The number of benzene rings is 1. The monoisotopic (exact) mass is 460 g/mol. The first-order valence-electron chi connectivity index (χ1n) is 8.85. The molecule has 0 saturated heterocycles. The Labute approximate surface area is 169 Å². The summed E-state index contributed by atoms with van der Waals surface area (Å²) in [6, 6.07) is 8.37. The number of guanidine groups is 1. The lowest BCUT2D eigenvalue weighted by Gasteiger charge is -2.23. The molecule has 0 radical (unpaired) electrons. The minimum atomic E-state index is 0. The normalized spacial score (nSPS) is 10.8. The van der Waals surface area contributed by atoms with Crippen LogP contribution in [0, 0.1) is 6.92 Å². The second kappa shape index (κ2) is 13.0. The maximum absolute atomic E-state index is 12.1. The minimum absolute atomic E-state index is 0. The summed E-state index contributed by atoms with van der Waals surface area (Å²) in [4.78, 5) is 20.6. The van der Waals surface area contributed by atoms with Gasteiger partial charge in [-0.25, -0.2) is 0 Å². The van der Waals surface area contributed by atoms with Crippen molar-refractivity contribution in [3.8, 4) is 0 Å². The zero-order valence-corrected chi connectivity index (χ0v) is 18.5. The van der Waals surface area contributed by atoms with Crippen molar-refractivity contribution >= 4 is 35.8 Å². The van der Waals surface area contributed by atoms with Crippen LogP contribution in [0.4, 0.5) is 0 Å². The molecule has 0 aromatic heterocycles. The molecule has 0 saturated carbocycles. The van der Waals surface area contributed by atoms with Gasteiger partial charge >= 0.3 is 0 Å². The summed E-state index contributed by atoms with van der Waals surface area (Å²) in [6.07, 6.45) is 0.453. The number of nitrogens with one attached hydrogen (secondary N) is 1. The summed E-state index contributed by atoms with van der Waals surface area (Å²) >= 11 is 0. The van der Waals surface area contributed by atoms with Gasteiger partial charge in [-0.3, -0.25) is 9.79 Å². The first kappa shape index (κ1) is 23.7. The smallest absolute Gasteiger partial charge is 0.224 e. The van der Waals surface area contributed by atoms with Gasteiger partial charge < -0.3 is 15.1 Å². The first-order chi connectivity index (χ1) is 11.5. The molecule has 1 aromatic carbocycles. The van der Waals surface area contributed by atoms with Crippen molar-refractivity contribution in [2.45, 2.75) is 40.7 Å². The van der Waals surface area contributed by atoms with Crippen LogP contribution >= 0.6 is 24.0 Å². The van der Waals surface area contributed by atoms with Crippen molar-refractivity contribution in [3.05, 3.63) is 35.4 Å². The van der Waals surface area contributed by atoms with Gasteiger partial charge in [0.25, 0.3) is 0 Å². The third-order valence-electron chi connectivity index (χ3n) is 4.07. The fourth-order valence-electron chi connectivity index (χ4n) is 2.58. The molecule has 0 spiro atoms. The van der Waals surface area contributed by atoms with E-state index in [0.717, 1.165) is 32.1 Å². The standard InChI is InChI=1S/C19H32N4O.HI/c1-6-20-19(21-14-13-18(24)23(7-2)8-3)22(5)15-17-12-10-9-11-16(17)4;/h9-12H,6-8,13-15H2,1-5H3,(H,20,21);1H. The zero-order valence-electron chi connectivity index (χ0n) is 16.2. The lowest BCUT2D eigenvalue weighted by Crippen LogP contribution is -2.39. The van der Waals surface area contributed by atoms with E-state index >= 15 is 0 Å². The topological polar surface area (TPSA) is 47.9 Å². The van der Waals surface area contributed by atoms with Gasteiger partial charge in [0, 0.05) is 39.6 Å². The number of halogens is 1. The molecule has 5 nitrogen and oxygen atoms in total. The quantitative estimate of drug-likeness (QED) is 0.368. The number of rotatable bonds is 8. The van der Waals surface area contributed by atoms with Crippen molar-refractivity contribution < 1.29 is 4.79 Å². The summed E-state index contributed by atoms with van der Waals surface area (Å²) in [5, 5.41) is 3.30. The van der Waals surface area contributed by atoms with E-state index in [9.17, 15) is 4.79 Å². The van der Waals surface area contributed by atoms with E-state index in [1.165, 1.54) is 11.1 Å². The minimum Gasteiger partial charge on any atom is -0.357 e. The Hall–Kier alpha value is -1.31. The van der Waals surface area contributed by atoms with Gasteiger partial charge in [0.2, 0.25) is 5.91 Å². The fourth-order valence-corrected chi connectivity index (χ4v) is 2.58. The van der Waals surface area contributed by atoms with E-state index in [4.69, 9.17) is 0 Å². The van der Waals surface area contributed by atoms with Gasteiger partial charge in [-0.1, -0.05) is 24.3 Å². The van der Waals surface area contributed by atoms with Crippen molar-refractivity contribution in [2.75, 3.05) is 33.2 Å². The number of hydrogen-bond acceptors (Lipinski definition) is 2. The third-order valence-corrected chi connectivity index (χ3v) is 4.07. The zero-order chi connectivity index (χ0) is 17.9. The predicted molar refractivity (Wildman–Crippen MR) is 117 cm³/mol. The molecule has 0 aliphatic carbocycles. The number of carbonyl (C=O) groups is 1. The van der Waals surface area contributed by atoms with Crippen LogP contribution < -0.4 is 5.32 Å². The van der Waals surface area contributed by atoms with Crippen LogP contribution in [0.25, 0.3) is 0 Å². The molecule has 0 atom stereocenters. The van der Waals surface area contributed by atoms with Crippen molar-refractivity contribution in [2.24, 2.45) is 4.99 Å². The largest absolute Gasteiger partial charge is 0.357 e. The molecule has 0 aliphatic rings. The van der Waals surface area contributed by atoms with Gasteiger partial charge in [0.15, 0.2) is 5.96 Å². The van der Waals surface area contributed by atoms with Crippen LogP contribution in [0.3, 0.4) is 0 Å². The molecule has 0 unspecified atom stereocenters. The number of hydrogen-bond donors (Lipinski definition) is 1. The molecule has 25 heavy (non-hydrogen) atoms. The number of carbonyl (C=O) groups excluding carboxylic acids is 1. The highest BCUT2D eigenvalue weighted by molar-refractivity contribution is 14.0. The summed E-state index contributed by atoms with van der Waals surface area (Å²) in [7, 11) is 2.03. The highest BCUT2D eigenvalue weighted by atomic mass is 127. The molecule has 0 aliphatic heterocycles. The number of aryl methyl sites for hydroxylation is 1. The summed E-state index contributed by atoms with van der Waals surface area (Å²) < 4.78 is 0. The van der Waals surface area contributed by atoms with Crippen LogP contribution in [0.15, 0.2) is 29.3 Å². The van der Waals surface area contributed by atoms with E-state index in [2.05, 4.69) is 53.3 Å². The van der Waals surface area contributed by atoms with E-state index in [1.807, 2.05) is 25.8 Å². The van der Waals surface area contributed by atoms with Gasteiger partial charge in [0.05, 0.1) is 6.54 Å². The number of nitrogens with zero attached hydrogens (tertiary/aromatic N) is 3. The fraction of sp³-hybridized carbons (Fsp3) is 0.579. The Bertz CT molecular complexity index is 544. The molecule has 142 valence electrons. The average molecular weight is 460 g/mol. The van der Waals surface area contributed by atoms with Crippen molar-refractivity contribution in [1.82, 2.24) is 15.1 Å². The number of amides is 1. The molecule has 1 rings (SSSR count). The first-order valence-corrected chi connectivity index (χ1v) is 8.85. The summed E-state index contributed by atoms with van der Waals surface area (Å²) in [5.74, 6) is 1.01. The lowest BCUT2D eigenvalue weighted by atomic mass is 10.1. The Morgan fingerprint density at radius 3 is 2.36 bits per heavy atom. The second-order valence-electron chi connectivity index (χ2n) is 5.83. The predicted octanol–water partition coefficient (Wildman–Crippen LogP) is 3.27. The van der Waals surface area contributed by atoms with Crippen LogP contribution in [0.5, 0.6) is 0 Å². The molecule has 0 fully saturated rings. The maximum atomic E-state index is 12.1. The molecule has 0 bridgehead atoms. The van der Waals surface area contributed by atoms with Crippen molar-refractivity contribution in [1.29, 1.82) is 0 Å². The lowest BCUT2D eigenvalue weighted by molar-refractivity contribution is -0.130. The molecule has 6 heteroatoms. The maximum Gasteiger partial charge on any atom is 0.224 e. The third kappa shape index (κ3) is 8.07. The summed E-state index contributed by atoms with van der Waals surface area (Å²) in [5.41, 5.74) is 2.56. The van der Waals surface area contributed by atoms with E-state index < -0.39 is 0 Å². The highest BCUT2D eigenvalue weighted by Gasteiger charge is 2.11. The Kier molecular flexibility index (Phi) is 12.3. The van der Waals surface area contributed by atoms with E-state index in [-0.39, 0.29) is 29.9 Å². The van der Waals surface area contributed by atoms with Crippen molar-refractivity contribution in [3.63, 3.8) is 0 Å². The second-order valence-corrected chi connectivity index (χ2v) is 5.83. The number of aliphatic imine (C=N–C) groups is 1. The van der Waals surface area contributed by atoms with Crippen LogP contribution in [0.1, 0.15) is 38.3 Å². The molecular weight excluding hydrogens is 427 g/mol. The van der Waals surface area contributed by atoms with Crippen LogP contribution in [-0.4, -0.2) is 54.9 Å². The van der Waals surface area contributed by atoms with Gasteiger partial charge in [-0.2, -0.15) is 0 Å². The van der Waals surface area contributed by atoms with E-state index in [1.54, 1.807) is 0 Å². The van der Waals surface area contributed by atoms with Gasteiger partial charge in [-0.05, 0) is 38.8 Å².